The van der Waals surface area contributed by atoms with Crippen LogP contribution in [0, 0.1) is 0 Å². The van der Waals surface area contributed by atoms with Crippen molar-refractivity contribution in [1.82, 2.24) is 4.57 Å². The first-order valence-electron chi connectivity index (χ1n) is 19.2. The van der Waals surface area contributed by atoms with E-state index in [4.69, 9.17) is 0 Å². The molecule has 0 saturated carbocycles. The lowest BCUT2D eigenvalue weighted by Crippen LogP contribution is -2.11. The Labute approximate surface area is 327 Å². The van der Waals surface area contributed by atoms with Gasteiger partial charge in [-0.05, 0) is 81.9 Å². The van der Waals surface area contributed by atoms with E-state index in [1.807, 2.05) is 0 Å². The third kappa shape index (κ3) is 5.95. The zero-order valence-electron chi connectivity index (χ0n) is 30.8. The second-order valence-electron chi connectivity index (χ2n) is 14.1. The van der Waals surface area contributed by atoms with Crippen molar-refractivity contribution < 1.29 is 0 Å². The smallest absolute Gasteiger partial charge is 0.0562 e. The van der Waals surface area contributed by atoms with Crippen LogP contribution in [0.15, 0.2) is 231 Å². The molecule has 0 radical (unpaired) electrons. The number of rotatable bonds is 8. The van der Waals surface area contributed by atoms with Crippen molar-refractivity contribution in [2.24, 2.45) is 0 Å². The van der Waals surface area contributed by atoms with Crippen molar-refractivity contribution in [3.05, 3.63) is 231 Å². The van der Waals surface area contributed by atoms with Gasteiger partial charge >= 0.3 is 0 Å². The van der Waals surface area contributed by atoms with Crippen LogP contribution in [0.25, 0.3) is 72.0 Å². The van der Waals surface area contributed by atoms with E-state index in [-0.39, 0.29) is 0 Å². The van der Waals surface area contributed by atoms with Crippen molar-refractivity contribution in [2.45, 2.75) is 0 Å². The Morgan fingerprint density at radius 3 is 1.48 bits per heavy atom. The van der Waals surface area contributed by atoms with E-state index in [0.717, 1.165) is 33.8 Å². The molecule has 2 heteroatoms. The van der Waals surface area contributed by atoms with Gasteiger partial charge in [-0.1, -0.05) is 182 Å². The zero-order valence-corrected chi connectivity index (χ0v) is 30.8. The number of hydrogen-bond acceptors (Lipinski definition) is 1. The molecule has 0 unspecified atom stereocenters. The third-order valence-electron chi connectivity index (χ3n) is 10.8. The van der Waals surface area contributed by atoms with Crippen LogP contribution in [-0.2, 0) is 0 Å². The fourth-order valence-electron chi connectivity index (χ4n) is 8.21. The van der Waals surface area contributed by atoms with E-state index < -0.39 is 0 Å². The van der Waals surface area contributed by atoms with Gasteiger partial charge in [0.2, 0.25) is 0 Å². The molecule has 264 valence electrons. The maximum atomic E-state index is 2.46. The molecule has 56 heavy (non-hydrogen) atoms. The topological polar surface area (TPSA) is 8.17 Å². The summed E-state index contributed by atoms with van der Waals surface area (Å²) in [5.41, 5.74) is 16.3. The molecule has 1 aromatic heterocycles. The Balaban J connectivity index is 1.20. The van der Waals surface area contributed by atoms with Crippen molar-refractivity contribution in [3.63, 3.8) is 0 Å². The van der Waals surface area contributed by atoms with Crippen LogP contribution in [-0.4, -0.2) is 4.57 Å². The second-order valence-corrected chi connectivity index (χ2v) is 14.1. The lowest BCUT2D eigenvalue weighted by Gasteiger charge is -2.28. The van der Waals surface area contributed by atoms with Gasteiger partial charge in [-0.25, -0.2) is 0 Å². The predicted molar refractivity (Wildman–Crippen MR) is 237 cm³/mol. The molecule has 0 amide bonds. The first-order valence-corrected chi connectivity index (χ1v) is 19.2. The average molecular weight is 715 g/mol. The van der Waals surface area contributed by atoms with Crippen molar-refractivity contribution in [2.75, 3.05) is 4.90 Å². The van der Waals surface area contributed by atoms with Gasteiger partial charge < -0.3 is 9.47 Å². The molecule has 0 aliphatic heterocycles. The molecule has 0 fully saturated rings. The molecule has 9 aromatic carbocycles. The van der Waals surface area contributed by atoms with E-state index in [1.165, 1.54) is 55.3 Å². The van der Waals surface area contributed by atoms with Crippen LogP contribution in [0.3, 0.4) is 0 Å². The standard InChI is InChI=1S/C54H38N2/c1-5-18-39(19-6-1)40-32-34-41(35-33-40)44-36-37-51(48(38-44)43-22-9-3-10-23-43)56-50-29-16-14-27-47(50)54-52(30-17-31-53(54)56)55(45-24-11-4-12-25-45)49-28-15-13-26-46(49)42-20-7-2-8-21-42/h1-38H. The fourth-order valence-corrected chi connectivity index (χ4v) is 8.21. The van der Waals surface area contributed by atoms with Gasteiger partial charge in [0.05, 0.1) is 28.1 Å². The number of nitrogens with zero attached hydrogens (tertiary/aromatic N) is 2. The normalized spacial score (nSPS) is 11.2. The molecular formula is C54H38N2. The summed E-state index contributed by atoms with van der Waals surface area (Å²) in [7, 11) is 0. The SMILES string of the molecule is c1ccc(-c2ccc(-c3ccc(-n4c5ccccc5c5c(N(c6ccccc6)c6ccccc6-c6ccccc6)cccc54)c(-c4ccccc4)c3)cc2)cc1. The molecule has 0 spiro atoms. The number of aromatic nitrogens is 1. The van der Waals surface area contributed by atoms with Gasteiger partial charge in [-0.15, -0.1) is 0 Å². The lowest BCUT2D eigenvalue weighted by molar-refractivity contribution is 1.18. The molecule has 0 aliphatic rings. The zero-order chi connectivity index (χ0) is 37.3. The molecule has 0 saturated heterocycles. The van der Waals surface area contributed by atoms with Crippen molar-refractivity contribution in [3.8, 4) is 50.2 Å². The Kier molecular flexibility index (Phi) is 8.55. The molecule has 10 aromatic rings. The highest BCUT2D eigenvalue weighted by molar-refractivity contribution is 6.17. The minimum Gasteiger partial charge on any atom is -0.309 e. The maximum absolute atomic E-state index is 2.46. The van der Waals surface area contributed by atoms with Gasteiger partial charge in [-0.3, -0.25) is 0 Å². The molecule has 0 aliphatic carbocycles. The second kappa shape index (κ2) is 14.4. The summed E-state index contributed by atoms with van der Waals surface area (Å²) >= 11 is 0. The summed E-state index contributed by atoms with van der Waals surface area (Å²) in [6, 6.07) is 83.0. The van der Waals surface area contributed by atoms with Gasteiger partial charge in [0.15, 0.2) is 0 Å². The number of anilines is 3. The van der Waals surface area contributed by atoms with Crippen molar-refractivity contribution >= 4 is 38.9 Å². The molecule has 0 N–H and O–H groups in total. The fraction of sp³-hybridized carbons (Fsp3) is 0. The monoisotopic (exact) mass is 714 g/mol. The van der Waals surface area contributed by atoms with Crippen LogP contribution < -0.4 is 4.90 Å². The predicted octanol–water partition coefficient (Wildman–Crippen LogP) is 14.9. The number of benzene rings is 9. The van der Waals surface area contributed by atoms with Gasteiger partial charge in [0.25, 0.3) is 0 Å². The molecule has 1 heterocycles. The van der Waals surface area contributed by atoms with E-state index >= 15 is 0 Å². The van der Waals surface area contributed by atoms with E-state index in [1.54, 1.807) is 0 Å². The summed E-state index contributed by atoms with van der Waals surface area (Å²) in [6.45, 7) is 0. The Morgan fingerprint density at radius 2 is 0.786 bits per heavy atom. The van der Waals surface area contributed by atoms with Crippen LogP contribution in [0.4, 0.5) is 17.1 Å². The highest BCUT2D eigenvalue weighted by atomic mass is 15.2. The maximum Gasteiger partial charge on any atom is 0.0562 e. The van der Waals surface area contributed by atoms with Gasteiger partial charge in [0, 0.05) is 27.6 Å². The largest absolute Gasteiger partial charge is 0.309 e. The van der Waals surface area contributed by atoms with Crippen molar-refractivity contribution in [1.29, 1.82) is 0 Å². The van der Waals surface area contributed by atoms with Crippen LogP contribution in [0.2, 0.25) is 0 Å². The summed E-state index contributed by atoms with van der Waals surface area (Å²) in [4.78, 5) is 2.43. The minimum atomic E-state index is 1.10. The van der Waals surface area contributed by atoms with Crippen LogP contribution >= 0.6 is 0 Å². The number of hydrogen-bond donors (Lipinski definition) is 0. The summed E-state index contributed by atoms with van der Waals surface area (Å²) < 4.78 is 2.46. The molecule has 0 bridgehead atoms. The summed E-state index contributed by atoms with van der Waals surface area (Å²) in [5.74, 6) is 0. The minimum absolute atomic E-state index is 1.10. The molecular weight excluding hydrogens is 677 g/mol. The summed E-state index contributed by atoms with van der Waals surface area (Å²) in [6.07, 6.45) is 0. The van der Waals surface area contributed by atoms with Crippen LogP contribution in [0.1, 0.15) is 0 Å². The first kappa shape index (κ1) is 33.2. The quantitative estimate of drug-likeness (QED) is 0.152. The third-order valence-corrected chi connectivity index (χ3v) is 10.8. The van der Waals surface area contributed by atoms with Gasteiger partial charge in [-0.2, -0.15) is 0 Å². The van der Waals surface area contributed by atoms with E-state index in [9.17, 15) is 0 Å². The highest BCUT2D eigenvalue weighted by Gasteiger charge is 2.24. The Hall–Kier alpha value is -7.42. The molecule has 0 atom stereocenters. The van der Waals surface area contributed by atoms with E-state index in [0.29, 0.717) is 0 Å². The van der Waals surface area contributed by atoms with Gasteiger partial charge in [0.1, 0.15) is 0 Å². The summed E-state index contributed by atoms with van der Waals surface area (Å²) in [5, 5.41) is 2.41. The Bertz CT molecular complexity index is 2930. The lowest BCUT2D eigenvalue weighted by atomic mass is 9.95. The van der Waals surface area contributed by atoms with Crippen LogP contribution in [0.5, 0.6) is 0 Å². The average Bonchev–Trinajstić information content (AvgIpc) is 3.63. The Morgan fingerprint density at radius 1 is 0.304 bits per heavy atom. The molecule has 2 nitrogen and oxygen atoms in total. The highest BCUT2D eigenvalue weighted by Crippen LogP contribution is 2.47. The first-order chi connectivity index (χ1) is 27.8. The van der Waals surface area contributed by atoms with E-state index in [2.05, 4.69) is 240 Å². The molecule has 10 rings (SSSR count). The number of fused-ring (bicyclic) bond motifs is 3. The number of para-hydroxylation sites is 3.